The van der Waals surface area contributed by atoms with E-state index in [0.29, 0.717) is 22.7 Å². The number of aromatic nitrogens is 1. The van der Waals surface area contributed by atoms with Gasteiger partial charge in [-0.25, -0.2) is 13.1 Å². The molecule has 0 atom stereocenters. The van der Waals surface area contributed by atoms with Crippen LogP contribution >= 0.6 is 0 Å². The van der Waals surface area contributed by atoms with E-state index < -0.39 is 10.0 Å². The maximum atomic E-state index is 12.5. The minimum absolute atomic E-state index is 0.0279. The Hall–Kier alpha value is -3.33. The van der Waals surface area contributed by atoms with Crippen LogP contribution < -0.4 is 14.8 Å². The smallest absolute Gasteiger partial charge is 0.264 e. The molecule has 3 aromatic rings. The minimum atomic E-state index is -3.84. The molecule has 0 saturated carbocycles. The molecule has 0 saturated heterocycles. The molecule has 29 heavy (non-hydrogen) atoms. The van der Waals surface area contributed by atoms with Crippen molar-refractivity contribution in [3.05, 3.63) is 65.4 Å². The summed E-state index contributed by atoms with van der Waals surface area (Å²) in [5.41, 5.74) is 2.60. The lowest BCUT2D eigenvalue weighted by atomic mass is 10.2. The average molecular weight is 415 g/mol. The SMILES string of the molecule is Cc1ccccc1OCC(=O)Nc1ccc(S(=O)(=O)Nc2onc(C)c2C)cc1. The summed E-state index contributed by atoms with van der Waals surface area (Å²) in [6, 6.07) is 13.2. The number of anilines is 2. The van der Waals surface area contributed by atoms with Gasteiger partial charge in [-0.2, -0.15) is 0 Å². The summed E-state index contributed by atoms with van der Waals surface area (Å²) in [6.45, 7) is 5.16. The Bertz CT molecular complexity index is 1120. The van der Waals surface area contributed by atoms with Gasteiger partial charge in [0.2, 0.25) is 5.88 Å². The Morgan fingerprint density at radius 1 is 1.07 bits per heavy atom. The first-order valence-electron chi connectivity index (χ1n) is 8.80. The van der Waals surface area contributed by atoms with Crippen LogP contribution in [0.3, 0.4) is 0 Å². The molecule has 1 aromatic heterocycles. The molecule has 0 fully saturated rings. The fraction of sp³-hybridized carbons (Fsp3) is 0.200. The maximum Gasteiger partial charge on any atom is 0.264 e. The topological polar surface area (TPSA) is 111 Å². The van der Waals surface area contributed by atoms with E-state index >= 15 is 0 Å². The molecule has 3 rings (SSSR count). The molecule has 0 unspecified atom stereocenters. The molecular formula is C20H21N3O5S. The lowest BCUT2D eigenvalue weighted by Crippen LogP contribution is -2.20. The second-order valence-corrected chi connectivity index (χ2v) is 8.14. The molecule has 2 aromatic carbocycles. The van der Waals surface area contributed by atoms with Crippen molar-refractivity contribution in [2.75, 3.05) is 16.6 Å². The fourth-order valence-corrected chi connectivity index (χ4v) is 3.51. The molecule has 2 N–H and O–H groups in total. The number of carbonyl (C=O) groups excluding carboxylic acids is 1. The predicted octanol–water partition coefficient (Wildman–Crippen LogP) is 3.42. The van der Waals surface area contributed by atoms with Crippen LogP contribution in [-0.4, -0.2) is 26.1 Å². The number of nitrogens with zero attached hydrogens (tertiary/aromatic N) is 1. The van der Waals surface area contributed by atoms with E-state index in [1.165, 1.54) is 24.3 Å². The zero-order valence-electron chi connectivity index (χ0n) is 16.2. The van der Waals surface area contributed by atoms with Crippen molar-refractivity contribution in [3.8, 4) is 5.75 Å². The molecule has 152 valence electrons. The summed E-state index contributed by atoms with van der Waals surface area (Å²) in [6.07, 6.45) is 0. The number of rotatable bonds is 7. The summed E-state index contributed by atoms with van der Waals surface area (Å²) < 4.78 is 37.8. The van der Waals surface area contributed by atoms with Gasteiger partial charge in [0, 0.05) is 11.3 Å². The lowest BCUT2D eigenvalue weighted by molar-refractivity contribution is -0.118. The van der Waals surface area contributed by atoms with Gasteiger partial charge >= 0.3 is 0 Å². The van der Waals surface area contributed by atoms with Crippen LogP contribution in [0.25, 0.3) is 0 Å². The molecule has 0 spiro atoms. The second kappa shape index (κ2) is 8.36. The van der Waals surface area contributed by atoms with E-state index in [0.717, 1.165) is 5.56 Å². The third kappa shape index (κ3) is 4.94. The van der Waals surface area contributed by atoms with Crippen LogP contribution in [0.1, 0.15) is 16.8 Å². The maximum absolute atomic E-state index is 12.5. The van der Waals surface area contributed by atoms with Crippen LogP contribution in [0.4, 0.5) is 11.6 Å². The number of nitrogens with one attached hydrogen (secondary N) is 2. The molecule has 0 aliphatic rings. The van der Waals surface area contributed by atoms with Crippen LogP contribution in [0, 0.1) is 20.8 Å². The van der Waals surface area contributed by atoms with Crippen molar-refractivity contribution in [1.82, 2.24) is 5.16 Å². The van der Waals surface area contributed by atoms with Gasteiger partial charge in [-0.15, -0.1) is 0 Å². The summed E-state index contributed by atoms with van der Waals surface area (Å²) in [5.74, 6) is 0.357. The molecule has 9 heteroatoms. The zero-order valence-corrected chi connectivity index (χ0v) is 17.0. The van der Waals surface area contributed by atoms with Gasteiger partial charge in [0.05, 0.1) is 10.6 Å². The van der Waals surface area contributed by atoms with Crippen molar-refractivity contribution in [2.45, 2.75) is 25.7 Å². The highest BCUT2D eigenvalue weighted by Crippen LogP contribution is 2.22. The monoisotopic (exact) mass is 415 g/mol. The molecule has 1 heterocycles. The Morgan fingerprint density at radius 3 is 2.38 bits per heavy atom. The van der Waals surface area contributed by atoms with Gasteiger partial charge in [-0.3, -0.25) is 4.79 Å². The van der Waals surface area contributed by atoms with Gasteiger partial charge in [-0.1, -0.05) is 23.4 Å². The molecular weight excluding hydrogens is 394 g/mol. The molecule has 0 bridgehead atoms. The number of para-hydroxylation sites is 1. The molecule has 8 nitrogen and oxygen atoms in total. The Morgan fingerprint density at radius 2 is 1.76 bits per heavy atom. The number of amides is 1. The van der Waals surface area contributed by atoms with Crippen LogP contribution in [0.15, 0.2) is 57.9 Å². The molecule has 0 aliphatic carbocycles. The van der Waals surface area contributed by atoms with E-state index in [2.05, 4.69) is 15.2 Å². The first-order valence-corrected chi connectivity index (χ1v) is 10.3. The Kier molecular flexibility index (Phi) is 5.88. The van der Waals surface area contributed by atoms with Crippen molar-refractivity contribution in [3.63, 3.8) is 0 Å². The van der Waals surface area contributed by atoms with Crippen molar-refractivity contribution >= 4 is 27.5 Å². The lowest BCUT2D eigenvalue weighted by Gasteiger charge is -2.10. The van der Waals surface area contributed by atoms with Crippen molar-refractivity contribution in [2.24, 2.45) is 0 Å². The van der Waals surface area contributed by atoms with Gasteiger partial charge in [0.1, 0.15) is 5.75 Å². The molecule has 0 radical (unpaired) electrons. The van der Waals surface area contributed by atoms with Gasteiger partial charge in [0.25, 0.3) is 15.9 Å². The van der Waals surface area contributed by atoms with Crippen molar-refractivity contribution in [1.29, 1.82) is 0 Å². The number of ether oxygens (including phenoxy) is 1. The van der Waals surface area contributed by atoms with Crippen LogP contribution in [0.5, 0.6) is 5.75 Å². The van der Waals surface area contributed by atoms with E-state index in [1.54, 1.807) is 19.9 Å². The van der Waals surface area contributed by atoms with Crippen LogP contribution in [0.2, 0.25) is 0 Å². The first kappa shape index (κ1) is 20.4. The predicted molar refractivity (Wildman–Crippen MR) is 109 cm³/mol. The third-order valence-electron chi connectivity index (χ3n) is 4.28. The summed E-state index contributed by atoms with van der Waals surface area (Å²) in [5, 5.41) is 6.39. The quantitative estimate of drug-likeness (QED) is 0.612. The third-order valence-corrected chi connectivity index (χ3v) is 5.63. The highest BCUT2D eigenvalue weighted by Gasteiger charge is 2.19. The van der Waals surface area contributed by atoms with E-state index in [-0.39, 0.29) is 23.3 Å². The Balaban J connectivity index is 1.61. The number of aryl methyl sites for hydroxylation is 2. The number of hydrogen-bond donors (Lipinski definition) is 2. The largest absolute Gasteiger partial charge is 0.483 e. The second-order valence-electron chi connectivity index (χ2n) is 6.45. The minimum Gasteiger partial charge on any atom is -0.483 e. The fourth-order valence-electron chi connectivity index (χ4n) is 2.47. The summed E-state index contributed by atoms with van der Waals surface area (Å²) in [4.78, 5) is 12.1. The van der Waals surface area contributed by atoms with Gasteiger partial charge in [-0.05, 0) is 56.7 Å². The highest BCUT2D eigenvalue weighted by molar-refractivity contribution is 7.92. The standard InChI is InChI=1S/C20H21N3O5S/c1-13-6-4-5-7-18(13)27-12-19(24)21-16-8-10-17(11-9-16)29(25,26)23-20-14(2)15(3)22-28-20/h4-11,23H,12H2,1-3H3,(H,21,24). The molecule has 0 aliphatic heterocycles. The van der Waals surface area contributed by atoms with E-state index in [9.17, 15) is 13.2 Å². The van der Waals surface area contributed by atoms with Crippen LogP contribution in [-0.2, 0) is 14.8 Å². The van der Waals surface area contributed by atoms with E-state index in [4.69, 9.17) is 9.26 Å². The number of carbonyl (C=O) groups is 1. The average Bonchev–Trinajstić information content (AvgIpc) is 2.99. The zero-order chi connectivity index (χ0) is 21.0. The first-order chi connectivity index (χ1) is 13.8. The van der Waals surface area contributed by atoms with Gasteiger partial charge < -0.3 is 14.6 Å². The normalized spacial score (nSPS) is 11.1. The number of benzene rings is 2. The summed E-state index contributed by atoms with van der Waals surface area (Å²) in [7, 11) is -3.84. The highest BCUT2D eigenvalue weighted by atomic mass is 32.2. The number of sulfonamides is 1. The number of hydrogen-bond acceptors (Lipinski definition) is 6. The Labute approximate surface area is 168 Å². The summed E-state index contributed by atoms with van der Waals surface area (Å²) >= 11 is 0. The van der Waals surface area contributed by atoms with E-state index in [1.807, 2.05) is 25.1 Å². The van der Waals surface area contributed by atoms with Gasteiger partial charge in [0.15, 0.2) is 6.61 Å². The molecule has 1 amide bonds. The van der Waals surface area contributed by atoms with Crippen molar-refractivity contribution < 1.29 is 22.5 Å².